The molecular formula is C27H27NO3. The van der Waals surface area contributed by atoms with Crippen LogP contribution in [0.15, 0.2) is 83.5 Å². The predicted octanol–water partition coefficient (Wildman–Crippen LogP) is 6.17. The monoisotopic (exact) mass is 413 g/mol. The lowest BCUT2D eigenvalue weighted by atomic mass is 10.1. The Bertz CT molecular complexity index is 1150. The largest absolute Gasteiger partial charge is 0.494 e. The number of carbonyl (C=O) groups excluding carboxylic acids is 1. The molecule has 31 heavy (non-hydrogen) atoms. The van der Waals surface area contributed by atoms with Crippen LogP contribution in [0, 0.1) is 0 Å². The van der Waals surface area contributed by atoms with Gasteiger partial charge >= 0.3 is 0 Å². The molecule has 1 aromatic heterocycles. The van der Waals surface area contributed by atoms with E-state index < -0.39 is 0 Å². The van der Waals surface area contributed by atoms with E-state index in [9.17, 15) is 4.79 Å². The minimum absolute atomic E-state index is 0.0256. The zero-order chi connectivity index (χ0) is 21.6. The molecule has 0 bridgehead atoms. The molecule has 0 aliphatic rings. The van der Waals surface area contributed by atoms with Gasteiger partial charge in [0.25, 0.3) is 0 Å². The van der Waals surface area contributed by atoms with E-state index in [4.69, 9.17) is 9.15 Å². The van der Waals surface area contributed by atoms with E-state index in [0.717, 1.165) is 40.0 Å². The zero-order valence-electron chi connectivity index (χ0n) is 18.0. The molecule has 0 N–H and O–H groups in total. The maximum absolute atomic E-state index is 13.5. The lowest BCUT2D eigenvalue weighted by Crippen LogP contribution is -2.31. The first-order valence-electron chi connectivity index (χ1n) is 10.7. The summed E-state index contributed by atoms with van der Waals surface area (Å²) in [7, 11) is 0. The summed E-state index contributed by atoms with van der Waals surface area (Å²) in [5, 5.41) is 1.01. The average Bonchev–Trinajstić information content (AvgIpc) is 3.20. The number of nitrogens with zero attached hydrogens (tertiary/aromatic N) is 1. The topological polar surface area (TPSA) is 42.7 Å². The minimum atomic E-state index is 0.0256. The summed E-state index contributed by atoms with van der Waals surface area (Å²) >= 11 is 0. The highest BCUT2D eigenvalue weighted by molar-refractivity contribution is 5.97. The predicted molar refractivity (Wildman–Crippen MR) is 125 cm³/mol. The Morgan fingerprint density at radius 1 is 0.935 bits per heavy atom. The molecule has 3 aromatic carbocycles. The van der Waals surface area contributed by atoms with Gasteiger partial charge in [-0.2, -0.15) is 0 Å². The Hall–Kier alpha value is -3.53. The molecule has 0 saturated heterocycles. The van der Waals surface area contributed by atoms with Gasteiger partial charge in [-0.05, 0) is 60.9 Å². The van der Waals surface area contributed by atoms with E-state index >= 15 is 0 Å². The standard InChI is InChI=1S/C27H27NO3/c1-3-20-10-15-26-25(16-20)22(19-31-26)17-27(29)28(18-21-8-6-5-7-9-21)23-11-13-24(14-12-23)30-4-2/h5-16,19H,3-4,17-18H2,1-2H3. The molecule has 4 nitrogen and oxygen atoms in total. The van der Waals surface area contributed by atoms with Crippen LogP contribution in [-0.4, -0.2) is 12.5 Å². The molecule has 0 atom stereocenters. The molecule has 0 aliphatic carbocycles. The summed E-state index contributed by atoms with van der Waals surface area (Å²) in [5.74, 6) is 0.823. The molecule has 0 saturated carbocycles. The van der Waals surface area contributed by atoms with Crippen molar-refractivity contribution in [3.05, 3.63) is 95.7 Å². The molecule has 1 heterocycles. The molecule has 4 aromatic rings. The third-order valence-electron chi connectivity index (χ3n) is 5.41. The molecule has 0 unspecified atom stereocenters. The van der Waals surface area contributed by atoms with E-state index in [2.05, 4.69) is 19.1 Å². The van der Waals surface area contributed by atoms with Gasteiger partial charge in [0.15, 0.2) is 0 Å². The first kappa shape index (κ1) is 20.7. The fraction of sp³-hybridized carbons (Fsp3) is 0.222. The number of anilines is 1. The minimum Gasteiger partial charge on any atom is -0.494 e. The summed E-state index contributed by atoms with van der Waals surface area (Å²) in [6.45, 7) is 5.20. The van der Waals surface area contributed by atoms with Gasteiger partial charge in [0, 0.05) is 16.6 Å². The van der Waals surface area contributed by atoms with Crippen LogP contribution in [0.1, 0.15) is 30.5 Å². The number of amides is 1. The summed E-state index contributed by atoms with van der Waals surface area (Å²) in [6, 6.07) is 23.9. The van der Waals surface area contributed by atoms with Gasteiger partial charge in [-0.1, -0.05) is 43.3 Å². The number of carbonyl (C=O) groups is 1. The van der Waals surface area contributed by atoms with Crippen molar-refractivity contribution in [2.75, 3.05) is 11.5 Å². The second-order valence-electron chi connectivity index (χ2n) is 7.51. The van der Waals surface area contributed by atoms with Crippen LogP contribution in [0.2, 0.25) is 0 Å². The van der Waals surface area contributed by atoms with Crippen LogP contribution in [0.3, 0.4) is 0 Å². The van der Waals surface area contributed by atoms with Crippen molar-refractivity contribution >= 4 is 22.6 Å². The number of ether oxygens (including phenoxy) is 1. The summed E-state index contributed by atoms with van der Waals surface area (Å²) in [4.78, 5) is 15.3. The number of rotatable bonds is 8. The van der Waals surface area contributed by atoms with E-state index in [1.807, 2.05) is 72.5 Å². The molecule has 4 rings (SSSR count). The first-order valence-corrected chi connectivity index (χ1v) is 10.7. The molecule has 1 amide bonds. The van der Waals surface area contributed by atoms with Gasteiger partial charge in [-0.3, -0.25) is 4.79 Å². The van der Waals surface area contributed by atoms with Crippen molar-refractivity contribution in [2.24, 2.45) is 0 Å². The summed E-state index contributed by atoms with van der Waals surface area (Å²) in [6.07, 6.45) is 2.93. The van der Waals surface area contributed by atoms with E-state index in [0.29, 0.717) is 13.2 Å². The van der Waals surface area contributed by atoms with E-state index in [1.54, 1.807) is 6.26 Å². The molecule has 0 fully saturated rings. The van der Waals surface area contributed by atoms with Crippen molar-refractivity contribution in [1.82, 2.24) is 0 Å². The van der Waals surface area contributed by atoms with Crippen molar-refractivity contribution in [2.45, 2.75) is 33.2 Å². The highest BCUT2D eigenvalue weighted by Crippen LogP contribution is 2.26. The lowest BCUT2D eigenvalue weighted by Gasteiger charge is -2.23. The third kappa shape index (κ3) is 4.80. The SMILES string of the molecule is CCOc1ccc(N(Cc2ccccc2)C(=O)Cc2coc3ccc(CC)cc23)cc1. The summed E-state index contributed by atoms with van der Waals surface area (Å²) < 4.78 is 11.3. The van der Waals surface area contributed by atoms with Crippen molar-refractivity contribution in [3.8, 4) is 5.75 Å². The van der Waals surface area contributed by atoms with Gasteiger partial charge in [0.1, 0.15) is 11.3 Å². The Kier molecular flexibility index (Phi) is 6.37. The van der Waals surface area contributed by atoms with Crippen LogP contribution in [0.25, 0.3) is 11.0 Å². The second kappa shape index (κ2) is 9.52. The van der Waals surface area contributed by atoms with Crippen LogP contribution >= 0.6 is 0 Å². The number of aryl methyl sites for hydroxylation is 1. The Labute approximate surface area is 183 Å². The Morgan fingerprint density at radius 2 is 1.71 bits per heavy atom. The van der Waals surface area contributed by atoms with Crippen molar-refractivity contribution < 1.29 is 13.9 Å². The van der Waals surface area contributed by atoms with Crippen LogP contribution in [-0.2, 0) is 24.2 Å². The average molecular weight is 414 g/mol. The van der Waals surface area contributed by atoms with Gasteiger partial charge in [-0.25, -0.2) is 0 Å². The number of furan rings is 1. The molecule has 158 valence electrons. The third-order valence-corrected chi connectivity index (χ3v) is 5.41. The maximum Gasteiger partial charge on any atom is 0.231 e. The van der Waals surface area contributed by atoms with Gasteiger partial charge in [-0.15, -0.1) is 0 Å². The molecule has 0 spiro atoms. The van der Waals surface area contributed by atoms with E-state index in [1.165, 1.54) is 5.56 Å². The fourth-order valence-corrected chi connectivity index (χ4v) is 3.72. The smallest absolute Gasteiger partial charge is 0.231 e. The Morgan fingerprint density at radius 3 is 2.42 bits per heavy atom. The van der Waals surface area contributed by atoms with Gasteiger partial charge in [0.2, 0.25) is 5.91 Å². The first-order chi connectivity index (χ1) is 15.2. The molecule has 0 aliphatic heterocycles. The van der Waals surface area contributed by atoms with Crippen molar-refractivity contribution in [3.63, 3.8) is 0 Å². The maximum atomic E-state index is 13.5. The number of fused-ring (bicyclic) bond motifs is 1. The van der Waals surface area contributed by atoms with Gasteiger partial charge < -0.3 is 14.1 Å². The second-order valence-corrected chi connectivity index (χ2v) is 7.51. The highest BCUT2D eigenvalue weighted by atomic mass is 16.5. The molecule has 4 heteroatoms. The lowest BCUT2D eigenvalue weighted by molar-refractivity contribution is -0.118. The molecular weight excluding hydrogens is 386 g/mol. The fourth-order valence-electron chi connectivity index (χ4n) is 3.72. The van der Waals surface area contributed by atoms with Crippen LogP contribution < -0.4 is 9.64 Å². The normalized spacial score (nSPS) is 10.9. The summed E-state index contributed by atoms with van der Waals surface area (Å²) in [5.41, 5.74) is 4.89. The van der Waals surface area contributed by atoms with Crippen LogP contribution in [0.4, 0.5) is 5.69 Å². The number of benzene rings is 3. The van der Waals surface area contributed by atoms with Crippen molar-refractivity contribution in [1.29, 1.82) is 0 Å². The van der Waals surface area contributed by atoms with E-state index in [-0.39, 0.29) is 12.3 Å². The number of hydrogen-bond donors (Lipinski definition) is 0. The highest BCUT2D eigenvalue weighted by Gasteiger charge is 2.19. The quantitative estimate of drug-likeness (QED) is 0.347. The zero-order valence-corrected chi connectivity index (χ0v) is 18.0. The van der Waals surface area contributed by atoms with Crippen LogP contribution in [0.5, 0.6) is 5.75 Å². The number of hydrogen-bond acceptors (Lipinski definition) is 3. The van der Waals surface area contributed by atoms with Gasteiger partial charge in [0.05, 0.1) is 25.8 Å². The Balaban J connectivity index is 1.63. The molecule has 0 radical (unpaired) electrons.